The highest BCUT2D eigenvalue weighted by Crippen LogP contribution is 2.58. The van der Waals surface area contributed by atoms with Crippen LogP contribution in [0, 0.1) is 17.3 Å². The monoisotopic (exact) mass is 431 g/mol. The number of piperidine rings is 1. The van der Waals surface area contributed by atoms with E-state index < -0.39 is 0 Å². The average Bonchev–Trinajstić information content (AvgIpc) is 3.40. The second kappa shape index (κ2) is 9.87. The van der Waals surface area contributed by atoms with E-state index in [4.69, 9.17) is 0 Å². The summed E-state index contributed by atoms with van der Waals surface area (Å²) in [6.45, 7) is 9.38. The number of nitrogens with zero attached hydrogens (tertiary/aromatic N) is 2. The van der Waals surface area contributed by atoms with Crippen LogP contribution in [0.3, 0.4) is 0 Å². The van der Waals surface area contributed by atoms with Gasteiger partial charge in [0.2, 0.25) is 0 Å². The smallest absolute Gasteiger partial charge is 0.0367 e. The SMILES string of the molecule is CCC(CCCc1ccc(N2CCN(c3ccccc3)CC2)cc1)CCC12CNCC1C2. The van der Waals surface area contributed by atoms with Crippen molar-refractivity contribution in [1.82, 2.24) is 5.32 Å². The fraction of sp³-hybridized carbons (Fsp3) is 0.586. The van der Waals surface area contributed by atoms with Crippen molar-refractivity contribution in [2.45, 2.75) is 51.9 Å². The zero-order valence-electron chi connectivity index (χ0n) is 19.9. The van der Waals surface area contributed by atoms with Crippen LogP contribution in [0.4, 0.5) is 11.4 Å². The Kier molecular flexibility index (Phi) is 6.73. The van der Waals surface area contributed by atoms with E-state index in [0.29, 0.717) is 0 Å². The van der Waals surface area contributed by atoms with Gasteiger partial charge in [0.25, 0.3) is 0 Å². The first-order valence-electron chi connectivity index (χ1n) is 13.1. The van der Waals surface area contributed by atoms with E-state index in [1.54, 1.807) is 0 Å². The lowest BCUT2D eigenvalue weighted by Gasteiger charge is -2.37. The van der Waals surface area contributed by atoms with Crippen LogP contribution in [0.1, 0.15) is 51.0 Å². The zero-order valence-corrected chi connectivity index (χ0v) is 19.9. The molecule has 2 saturated heterocycles. The molecular weight excluding hydrogens is 390 g/mol. The number of anilines is 2. The highest BCUT2D eigenvalue weighted by molar-refractivity contribution is 5.52. The van der Waals surface area contributed by atoms with Gasteiger partial charge in [0, 0.05) is 44.1 Å². The average molecular weight is 432 g/mol. The van der Waals surface area contributed by atoms with E-state index in [-0.39, 0.29) is 0 Å². The number of benzene rings is 2. The first-order valence-corrected chi connectivity index (χ1v) is 13.1. The van der Waals surface area contributed by atoms with E-state index >= 15 is 0 Å². The van der Waals surface area contributed by atoms with Crippen molar-refractivity contribution in [2.24, 2.45) is 17.3 Å². The molecule has 3 unspecified atom stereocenters. The van der Waals surface area contributed by atoms with Gasteiger partial charge in [0.15, 0.2) is 0 Å². The summed E-state index contributed by atoms with van der Waals surface area (Å²) in [7, 11) is 0. The molecule has 0 bridgehead atoms. The molecule has 2 heterocycles. The van der Waals surface area contributed by atoms with Crippen molar-refractivity contribution < 1.29 is 0 Å². The lowest BCUT2D eigenvalue weighted by molar-refractivity contribution is 0.350. The summed E-state index contributed by atoms with van der Waals surface area (Å²) >= 11 is 0. The van der Waals surface area contributed by atoms with Crippen LogP contribution in [0.15, 0.2) is 54.6 Å². The number of rotatable bonds is 10. The number of aryl methyl sites for hydroxylation is 1. The summed E-state index contributed by atoms with van der Waals surface area (Å²) in [4.78, 5) is 5.04. The summed E-state index contributed by atoms with van der Waals surface area (Å²) in [6, 6.07) is 20.3. The second-order valence-electron chi connectivity index (χ2n) is 10.6. The highest BCUT2D eigenvalue weighted by Gasteiger charge is 2.56. The fourth-order valence-electron chi connectivity index (χ4n) is 6.20. The number of hydrogen-bond acceptors (Lipinski definition) is 3. The van der Waals surface area contributed by atoms with Gasteiger partial charge < -0.3 is 15.1 Å². The lowest BCUT2D eigenvalue weighted by Crippen LogP contribution is -2.46. The molecule has 0 radical (unpaired) electrons. The minimum Gasteiger partial charge on any atom is -0.368 e. The van der Waals surface area contributed by atoms with Gasteiger partial charge in [0.05, 0.1) is 0 Å². The van der Waals surface area contributed by atoms with Gasteiger partial charge >= 0.3 is 0 Å². The van der Waals surface area contributed by atoms with Crippen LogP contribution in [0.25, 0.3) is 0 Å². The summed E-state index contributed by atoms with van der Waals surface area (Å²) in [6.07, 6.45) is 9.73. The molecule has 2 aromatic rings. The number of nitrogens with one attached hydrogen (secondary N) is 1. The van der Waals surface area contributed by atoms with Gasteiger partial charge in [0.1, 0.15) is 0 Å². The number of fused-ring (bicyclic) bond motifs is 1. The van der Waals surface area contributed by atoms with E-state index in [2.05, 4.69) is 76.6 Å². The second-order valence-corrected chi connectivity index (χ2v) is 10.6. The first-order chi connectivity index (χ1) is 15.8. The van der Waals surface area contributed by atoms with Crippen molar-refractivity contribution in [1.29, 1.82) is 0 Å². The quantitative estimate of drug-likeness (QED) is 0.516. The summed E-state index contributed by atoms with van der Waals surface area (Å²) in [5, 5.41) is 3.60. The predicted molar refractivity (Wildman–Crippen MR) is 137 cm³/mol. The number of para-hydroxylation sites is 1. The molecule has 0 aromatic heterocycles. The van der Waals surface area contributed by atoms with Crippen LogP contribution in [-0.2, 0) is 6.42 Å². The Balaban J connectivity index is 1.04. The van der Waals surface area contributed by atoms with Crippen molar-refractivity contribution in [3.05, 3.63) is 60.2 Å². The van der Waals surface area contributed by atoms with Crippen LogP contribution in [0.2, 0.25) is 0 Å². The van der Waals surface area contributed by atoms with Crippen LogP contribution in [0.5, 0.6) is 0 Å². The maximum Gasteiger partial charge on any atom is 0.0367 e. The minimum atomic E-state index is 0.718. The highest BCUT2D eigenvalue weighted by atomic mass is 15.3. The molecule has 0 amide bonds. The summed E-state index contributed by atoms with van der Waals surface area (Å²) in [5.41, 5.74) is 4.96. The van der Waals surface area contributed by atoms with Crippen LogP contribution >= 0.6 is 0 Å². The molecule has 1 saturated carbocycles. The van der Waals surface area contributed by atoms with Crippen LogP contribution in [-0.4, -0.2) is 39.3 Å². The number of hydrogen-bond donors (Lipinski definition) is 1. The summed E-state index contributed by atoms with van der Waals surface area (Å²) < 4.78 is 0. The molecule has 3 atom stereocenters. The fourth-order valence-corrected chi connectivity index (χ4v) is 6.20. The third-order valence-corrected chi connectivity index (χ3v) is 8.63. The Hall–Kier alpha value is -2.00. The van der Waals surface area contributed by atoms with Crippen molar-refractivity contribution >= 4 is 11.4 Å². The molecule has 2 aromatic carbocycles. The van der Waals surface area contributed by atoms with Crippen molar-refractivity contribution in [3.63, 3.8) is 0 Å². The molecule has 1 N–H and O–H groups in total. The molecule has 32 heavy (non-hydrogen) atoms. The standard InChI is InChI=1S/C29H41N3/c1-2-24(15-16-29-21-26(29)22-30-23-29)7-6-8-25-11-13-28(14-12-25)32-19-17-31(18-20-32)27-9-4-3-5-10-27/h3-5,9-14,24,26,30H,2,6-8,15-23H2,1H3. The summed E-state index contributed by atoms with van der Waals surface area (Å²) in [5.74, 6) is 1.94. The third-order valence-electron chi connectivity index (χ3n) is 8.63. The minimum absolute atomic E-state index is 0.718. The Morgan fingerprint density at radius 3 is 2.19 bits per heavy atom. The normalized spacial score (nSPS) is 25.6. The molecule has 172 valence electrons. The van der Waals surface area contributed by atoms with E-state index in [1.165, 1.54) is 75.0 Å². The molecule has 0 spiro atoms. The maximum atomic E-state index is 3.60. The first kappa shape index (κ1) is 21.8. The molecule has 2 aliphatic heterocycles. The van der Waals surface area contributed by atoms with Crippen LogP contribution < -0.4 is 15.1 Å². The molecule has 3 fully saturated rings. The molecule has 1 aliphatic carbocycles. The Morgan fingerprint density at radius 2 is 1.59 bits per heavy atom. The van der Waals surface area contributed by atoms with Gasteiger partial charge in [-0.2, -0.15) is 0 Å². The van der Waals surface area contributed by atoms with E-state index in [0.717, 1.165) is 43.4 Å². The predicted octanol–water partition coefficient (Wildman–Crippen LogP) is 5.75. The zero-order chi connectivity index (χ0) is 21.8. The largest absolute Gasteiger partial charge is 0.368 e. The maximum absolute atomic E-state index is 3.60. The topological polar surface area (TPSA) is 18.5 Å². The van der Waals surface area contributed by atoms with Gasteiger partial charge in [-0.1, -0.05) is 50.1 Å². The van der Waals surface area contributed by atoms with Gasteiger partial charge in [-0.05, 0) is 85.7 Å². The molecule has 3 nitrogen and oxygen atoms in total. The van der Waals surface area contributed by atoms with Gasteiger partial charge in [-0.3, -0.25) is 0 Å². The number of piperazine rings is 1. The molecule has 3 aliphatic rings. The Labute approximate surface area is 195 Å². The molecule has 5 rings (SSSR count). The lowest BCUT2D eigenvalue weighted by atomic mass is 9.88. The third kappa shape index (κ3) is 4.98. The molecule has 3 heteroatoms. The van der Waals surface area contributed by atoms with Gasteiger partial charge in [-0.25, -0.2) is 0 Å². The van der Waals surface area contributed by atoms with E-state index in [9.17, 15) is 0 Å². The Bertz CT molecular complexity index is 840. The van der Waals surface area contributed by atoms with Crippen molar-refractivity contribution in [2.75, 3.05) is 49.1 Å². The van der Waals surface area contributed by atoms with Crippen molar-refractivity contribution in [3.8, 4) is 0 Å². The Morgan fingerprint density at radius 1 is 0.906 bits per heavy atom. The van der Waals surface area contributed by atoms with Gasteiger partial charge in [-0.15, -0.1) is 0 Å². The molecular formula is C29H41N3. The van der Waals surface area contributed by atoms with E-state index in [1.807, 2.05) is 0 Å².